The van der Waals surface area contributed by atoms with Gasteiger partial charge in [0.1, 0.15) is 6.61 Å². The molecule has 1 atom stereocenters. The molecular weight excluding hydrogens is 481 g/mol. The van der Waals surface area contributed by atoms with E-state index in [1.807, 2.05) is 0 Å². The van der Waals surface area contributed by atoms with Gasteiger partial charge in [-0.15, -0.1) is 0 Å². The normalized spacial score (nSPS) is 19.4. The smallest absolute Gasteiger partial charge is 0.458 e. The number of rotatable bonds is 3. The molecule has 13 heteroatoms. The lowest BCUT2D eigenvalue weighted by molar-refractivity contribution is -0.172. The van der Waals surface area contributed by atoms with Gasteiger partial charge in [0.05, 0.1) is 29.0 Å². The highest BCUT2D eigenvalue weighted by molar-refractivity contribution is 7.88. The van der Waals surface area contributed by atoms with Crippen molar-refractivity contribution in [1.29, 1.82) is 0 Å². The number of cyclic esters (lactones) is 1. The number of benzene rings is 1. The van der Waals surface area contributed by atoms with Gasteiger partial charge in [-0.05, 0) is 30.7 Å². The third kappa shape index (κ3) is 3.03. The van der Waals surface area contributed by atoms with Crippen LogP contribution in [0.3, 0.4) is 0 Å². The minimum absolute atomic E-state index is 0.00303. The van der Waals surface area contributed by atoms with E-state index >= 15 is 0 Å². The zero-order valence-electron chi connectivity index (χ0n) is 17.3. The lowest BCUT2D eigenvalue weighted by Crippen LogP contribution is -2.44. The number of ether oxygens (including phenoxy) is 1. The van der Waals surface area contributed by atoms with Gasteiger partial charge in [-0.2, -0.15) is 21.6 Å². The largest absolute Gasteiger partial charge is 0.534 e. The first kappa shape index (κ1) is 22.3. The molecule has 0 radical (unpaired) electrons. The topological polar surface area (TPSA) is 125 Å². The van der Waals surface area contributed by atoms with Gasteiger partial charge >= 0.3 is 21.6 Å². The van der Waals surface area contributed by atoms with Crippen molar-refractivity contribution < 1.29 is 40.4 Å². The maximum Gasteiger partial charge on any atom is 0.534 e. The number of halogens is 3. The SMILES string of the molecule is CC[C@@]1(O)C(=O)OCc2c1cc1n(c2=O)Cc2cc3c(OS(=O)(=O)C(F)(F)F)cccc3nc2-1. The molecule has 2 aliphatic heterocycles. The third-order valence-electron chi connectivity index (χ3n) is 5.99. The number of carbonyl (C=O) groups excluding carboxylic acids is 1. The predicted molar refractivity (Wildman–Crippen MR) is 110 cm³/mol. The number of alkyl halides is 3. The summed E-state index contributed by atoms with van der Waals surface area (Å²) < 4.78 is 72.1. The van der Waals surface area contributed by atoms with Crippen molar-refractivity contribution in [2.45, 2.75) is 37.6 Å². The van der Waals surface area contributed by atoms with Crippen LogP contribution in [0.1, 0.15) is 30.0 Å². The molecule has 0 saturated heterocycles. The second-order valence-electron chi connectivity index (χ2n) is 7.91. The minimum Gasteiger partial charge on any atom is -0.458 e. The van der Waals surface area contributed by atoms with Gasteiger partial charge in [-0.1, -0.05) is 13.0 Å². The summed E-state index contributed by atoms with van der Waals surface area (Å²) in [5, 5.41) is 10.9. The molecule has 9 nitrogen and oxygen atoms in total. The Hall–Kier alpha value is -3.45. The predicted octanol–water partition coefficient (Wildman–Crippen LogP) is 2.31. The standard InChI is InChI=1S/C21H15F3N2O7S/c1-2-20(29)13-7-15-17-10(8-26(15)18(27)12(13)9-32-19(20)28)6-11-14(25-17)4-3-5-16(11)33-34(30,31)21(22,23)24/h3-7,29H,2,8-9H2,1H3/t20-/m0/s1. The van der Waals surface area contributed by atoms with Gasteiger partial charge in [0.2, 0.25) is 0 Å². The van der Waals surface area contributed by atoms with Crippen molar-refractivity contribution in [3.8, 4) is 17.1 Å². The van der Waals surface area contributed by atoms with Crippen LogP contribution in [0.4, 0.5) is 13.2 Å². The van der Waals surface area contributed by atoms with Gasteiger partial charge in [-0.25, -0.2) is 9.78 Å². The molecule has 1 aromatic carbocycles. The number of carbonyl (C=O) groups is 1. The van der Waals surface area contributed by atoms with Crippen molar-refractivity contribution in [3.05, 3.63) is 57.4 Å². The Labute approximate surface area is 189 Å². The van der Waals surface area contributed by atoms with Crippen molar-refractivity contribution in [2.24, 2.45) is 0 Å². The summed E-state index contributed by atoms with van der Waals surface area (Å²) in [4.78, 5) is 29.8. The number of aliphatic hydroxyl groups is 1. The Morgan fingerprint density at radius 2 is 2.00 bits per heavy atom. The van der Waals surface area contributed by atoms with E-state index in [-0.39, 0.29) is 41.6 Å². The van der Waals surface area contributed by atoms with Crippen LogP contribution in [0, 0.1) is 0 Å². The first-order valence-electron chi connectivity index (χ1n) is 9.98. The first-order valence-corrected chi connectivity index (χ1v) is 11.4. The van der Waals surface area contributed by atoms with Crippen molar-refractivity contribution in [1.82, 2.24) is 9.55 Å². The van der Waals surface area contributed by atoms with E-state index in [1.54, 1.807) is 6.92 Å². The maximum atomic E-state index is 13.1. The molecule has 34 heavy (non-hydrogen) atoms. The van der Waals surface area contributed by atoms with Gasteiger partial charge in [0.25, 0.3) is 5.56 Å². The molecule has 0 aliphatic carbocycles. The van der Waals surface area contributed by atoms with Gasteiger partial charge in [0.15, 0.2) is 11.4 Å². The molecule has 178 valence electrons. The average molecular weight is 496 g/mol. The quantitative estimate of drug-likeness (QED) is 0.260. The third-order valence-corrected chi connectivity index (χ3v) is 6.96. The van der Waals surface area contributed by atoms with Crippen LogP contribution in [0.25, 0.3) is 22.3 Å². The molecule has 0 bridgehead atoms. The molecule has 1 N–H and O–H groups in total. The molecule has 5 rings (SSSR count). The fourth-order valence-electron chi connectivity index (χ4n) is 4.21. The van der Waals surface area contributed by atoms with E-state index in [0.29, 0.717) is 17.0 Å². The highest BCUT2D eigenvalue weighted by Gasteiger charge is 2.49. The monoisotopic (exact) mass is 496 g/mol. The number of hydrogen-bond donors (Lipinski definition) is 1. The van der Waals surface area contributed by atoms with E-state index < -0.39 is 38.5 Å². The Morgan fingerprint density at radius 1 is 1.26 bits per heavy atom. The number of hydrogen-bond acceptors (Lipinski definition) is 8. The van der Waals surface area contributed by atoms with Crippen LogP contribution in [0.2, 0.25) is 0 Å². The summed E-state index contributed by atoms with van der Waals surface area (Å²) in [6, 6.07) is 6.68. The van der Waals surface area contributed by atoms with Crippen LogP contribution in [-0.4, -0.2) is 34.6 Å². The second-order valence-corrected chi connectivity index (χ2v) is 9.44. The number of nitrogens with zero attached hydrogens (tertiary/aromatic N) is 2. The summed E-state index contributed by atoms with van der Waals surface area (Å²) >= 11 is 0. The zero-order valence-corrected chi connectivity index (χ0v) is 18.2. The van der Waals surface area contributed by atoms with E-state index in [1.165, 1.54) is 28.8 Å². The summed E-state index contributed by atoms with van der Waals surface area (Å²) in [5.74, 6) is -1.43. The van der Waals surface area contributed by atoms with Crippen molar-refractivity contribution in [2.75, 3.05) is 0 Å². The molecule has 2 aromatic heterocycles. The van der Waals surface area contributed by atoms with Gasteiger partial charge < -0.3 is 18.6 Å². The molecule has 0 fully saturated rings. The van der Waals surface area contributed by atoms with Crippen LogP contribution in [-0.2, 0) is 38.4 Å². The number of fused-ring (bicyclic) bond motifs is 5. The molecule has 0 unspecified atom stereocenters. The molecule has 3 aromatic rings. The van der Waals surface area contributed by atoms with E-state index in [2.05, 4.69) is 9.17 Å². The van der Waals surface area contributed by atoms with Crippen LogP contribution in [0.5, 0.6) is 5.75 Å². The Bertz CT molecular complexity index is 1560. The lowest BCUT2D eigenvalue weighted by Gasteiger charge is -2.31. The summed E-state index contributed by atoms with van der Waals surface area (Å²) in [6.07, 6.45) is -0.0336. The molecule has 0 saturated carbocycles. The molecule has 2 aliphatic rings. The second kappa shape index (κ2) is 7.03. The van der Waals surface area contributed by atoms with E-state index in [9.17, 15) is 36.3 Å². The van der Waals surface area contributed by atoms with Gasteiger partial charge in [0, 0.05) is 16.5 Å². The summed E-state index contributed by atoms with van der Waals surface area (Å²) in [6.45, 7) is 1.24. The molecular formula is C21H15F3N2O7S. The van der Waals surface area contributed by atoms with Crippen LogP contribution >= 0.6 is 0 Å². The van der Waals surface area contributed by atoms with E-state index in [4.69, 9.17) is 4.74 Å². The van der Waals surface area contributed by atoms with E-state index in [0.717, 1.165) is 6.07 Å². The molecule has 0 amide bonds. The number of aromatic nitrogens is 2. The number of pyridine rings is 2. The lowest BCUT2D eigenvalue weighted by atomic mass is 9.86. The van der Waals surface area contributed by atoms with Crippen LogP contribution < -0.4 is 9.74 Å². The maximum absolute atomic E-state index is 13.1. The van der Waals surface area contributed by atoms with Crippen molar-refractivity contribution >= 4 is 27.0 Å². The average Bonchev–Trinajstić information content (AvgIpc) is 3.13. The Balaban J connectivity index is 1.69. The fourth-order valence-corrected chi connectivity index (χ4v) is 4.69. The van der Waals surface area contributed by atoms with Crippen molar-refractivity contribution in [3.63, 3.8) is 0 Å². The Morgan fingerprint density at radius 3 is 2.68 bits per heavy atom. The Kier molecular flexibility index (Phi) is 4.62. The van der Waals surface area contributed by atoms with Gasteiger partial charge in [-0.3, -0.25) is 4.79 Å². The summed E-state index contributed by atoms with van der Waals surface area (Å²) in [5.41, 5.74) is -6.75. The first-order chi connectivity index (χ1) is 15.9. The minimum atomic E-state index is -5.91. The zero-order chi connectivity index (χ0) is 24.6. The summed E-state index contributed by atoms with van der Waals surface area (Å²) in [7, 11) is -5.91. The molecule has 4 heterocycles. The highest BCUT2D eigenvalue weighted by Crippen LogP contribution is 2.40. The fraction of sp³-hybridized carbons (Fsp3) is 0.286. The highest BCUT2D eigenvalue weighted by atomic mass is 32.2. The molecule has 0 spiro atoms. The number of esters is 1. The van der Waals surface area contributed by atoms with Crippen LogP contribution in [0.15, 0.2) is 35.1 Å².